The van der Waals surface area contributed by atoms with Crippen molar-refractivity contribution >= 4 is 12.2 Å². The number of likely N-dealkylation sites (N-methyl/N-ethyl adjacent to an activating group) is 1. The van der Waals surface area contributed by atoms with E-state index in [1.807, 2.05) is 11.8 Å². The maximum atomic E-state index is 12.1. The third-order valence-corrected chi connectivity index (χ3v) is 6.19. The highest BCUT2D eigenvalue weighted by Gasteiger charge is 2.58. The van der Waals surface area contributed by atoms with Gasteiger partial charge in [0.15, 0.2) is 11.2 Å². The zero-order valence-corrected chi connectivity index (χ0v) is 15.4. The molecule has 1 unspecified atom stereocenters. The van der Waals surface area contributed by atoms with E-state index in [1.165, 1.54) is 0 Å². The molecule has 4 saturated heterocycles. The highest BCUT2D eigenvalue weighted by Crippen LogP contribution is 2.37. The number of rotatable bonds is 5. The fourth-order valence-electron chi connectivity index (χ4n) is 4.57. The molecule has 4 heterocycles. The van der Waals surface area contributed by atoms with Gasteiger partial charge in [0.1, 0.15) is 0 Å². The Kier molecular flexibility index (Phi) is 3.88. The Balaban J connectivity index is 1.23. The fraction of sp³-hybridized carbons (Fsp3) is 0.882. The van der Waals surface area contributed by atoms with Gasteiger partial charge < -0.3 is 19.3 Å². The Morgan fingerprint density at radius 1 is 0.960 bits per heavy atom. The molecular weight excluding hydrogens is 324 g/mol. The molecule has 4 fully saturated rings. The zero-order chi connectivity index (χ0) is 17.8. The smallest absolute Gasteiger partial charge is 0.410 e. The first-order valence-electron chi connectivity index (χ1n) is 9.25. The molecule has 25 heavy (non-hydrogen) atoms. The Morgan fingerprint density at radius 2 is 1.64 bits per heavy atom. The predicted molar refractivity (Wildman–Crippen MR) is 90.4 cm³/mol. The maximum absolute atomic E-state index is 12.1. The molecule has 0 aromatic carbocycles. The number of ether oxygens (including phenoxy) is 2. The Hall–Kier alpha value is -1.54. The summed E-state index contributed by atoms with van der Waals surface area (Å²) in [5.74, 6) is 0. The molecule has 2 amide bonds. The van der Waals surface area contributed by atoms with E-state index in [0.29, 0.717) is 13.1 Å². The van der Waals surface area contributed by atoms with E-state index in [1.54, 1.807) is 11.9 Å². The largest absolute Gasteiger partial charge is 0.438 e. The van der Waals surface area contributed by atoms with Crippen LogP contribution in [0.1, 0.15) is 20.3 Å². The van der Waals surface area contributed by atoms with Crippen molar-refractivity contribution in [3.05, 3.63) is 0 Å². The summed E-state index contributed by atoms with van der Waals surface area (Å²) in [5.41, 5.74) is -0.645. The Bertz CT molecular complexity index is 571. The summed E-state index contributed by atoms with van der Waals surface area (Å²) in [5, 5.41) is 0. The maximum Gasteiger partial charge on any atom is 0.410 e. The van der Waals surface area contributed by atoms with Crippen LogP contribution < -0.4 is 0 Å². The summed E-state index contributed by atoms with van der Waals surface area (Å²) in [6.45, 7) is 10.6. The van der Waals surface area contributed by atoms with Crippen LogP contribution in [0.3, 0.4) is 0 Å². The summed E-state index contributed by atoms with van der Waals surface area (Å²) in [4.78, 5) is 31.9. The lowest BCUT2D eigenvalue weighted by Crippen LogP contribution is -2.67. The number of hydrogen-bond donors (Lipinski definition) is 0. The van der Waals surface area contributed by atoms with Gasteiger partial charge in [-0.3, -0.25) is 9.80 Å². The second-order valence-electron chi connectivity index (χ2n) is 8.11. The van der Waals surface area contributed by atoms with Gasteiger partial charge in [0.05, 0.1) is 12.6 Å². The van der Waals surface area contributed by atoms with Crippen LogP contribution in [-0.2, 0) is 9.47 Å². The van der Waals surface area contributed by atoms with Crippen LogP contribution in [0.5, 0.6) is 0 Å². The van der Waals surface area contributed by atoms with Gasteiger partial charge in [0, 0.05) is 46.3 Å². The SMILES string of the molecule is CCCN1CC2(C1)CN(CCN1CC3(C1)OC(=O)N(C)C3C)C(=O)O2. The molecule has 140 valence electrons. The average Bonchev–Trinajstić information content (AvgIpc) is 2.94. The van der Waals surface area contributed by atoms with Gasteiger partial charge in [-0.1, -0.05) is 6.92 Å². The second kappa shape index (κ2) is 5.74. The van der Waals surface area contributed by atoms with Crippen LogP contribution in [0, 0.1) is 0 Å². The van der Waals surface area contributed by atoms with Crippen LogP contribution in [0.15, 0.2) is 0 Å². The molecule has 4 rings (SSSR count). The molecule has 0 aromatic heterocycles. The molecule has 1 atom stereocenters. The van der Waals surface area contributed by atoms with Crippen molar-refractivity contribution in [2.75, 3.05) is 59.4 Å². The summed E-state index contributed by atoms with van der Waals surface area (Å²) >= 11 is 0. The van der Waals surface area contributed by atoms with Gasteiger partial charge in [-0.05, 0) is 19.9 Å². The van der Waals surface area contributed by atoms with Crippen LogP contribution in [0.4, 0.5) is 9.59 Å². The molecule has 4 aliphatic heterocycles. The lowest BCUT2D eigenvalue weighted by atomic mass is 9.87. The van der Waals surface area contributed by atoms with Crippen molar-refractivity contribution in [3.63, 3.8) is 0 Å². The third kappa shape index (κ3) is 2.66. The minimum absolute atomic E-state index is 0.0933. The summed E-state index contributed by atoms with van der Waals surface area (Å²) < 4.78 is 11.2. The van der Waals surface area contributed by atoms with Crippen molar-refractivity contribution in [2.24, 2.45) is 0 Å². The average molecular weight is 352 g/mol. The van der Waals surface area contributed by atoms with Gasteiger partial charge in [0.25, 0.3) is 0 Å². The van der Waals surface area contributed by atoms with E-state index < -0.39 is 0 Å². The number of hydrogen-bond acceptors (Lipinski definition) is 6. The summed E-state index contributed by atoms with van der Waals surface area (Å²) in [6, 6.07) is 0.0933. The minimum atomic E-state index is -0.368. The monoisotopic (exact) mass is 352 g/mol. The third-order valence-electron chi connectivity index (χ3n) is 6.19. The number of amides is 2. The van der Waals surface area contributed by atoms with Crippen LogP contribution in [0.25, 0.3) is 0 Å². The highest BCUT2D eigenvalue weighted by atomic mass is 16.6. The normalized spacial score (nSPS) is 30.6. The zero-order valence-electron chi connectivity index (χ0n) is 15.4. The molecule has 0 radical (unpaired) electrons. The molecule has 0 bridgehead atoms. The molecule has 2 spiro atoms. The summed E-state index contributed by atoms with van der Waals surface area (Å²) in [7, 11) is 1.78. The first kappa shape index (κ1) is 16.9. The van der Waals surface area contributed by atoms with Gasteiger partial charge >= 0.3 is 12.2 Å². The van der Waals surface area contributed by atoms with E-state index in [0.717, 1.165) is 45.7 Å². The van der Waals surface area contributed by atoms with E-state index in [9.17, 15) is 9.59 Å². The predicted octanol–water partition coefficient (Wildman–Crippen LogP) is 0.428. The van der Waals surface area contributed by atoms with Gasteiger partial charge in [-0.2, -0.15) is 0 Å². The molecule has 0 saturated carbocycles. The van der Waals surface area contributed by atoms with Crippen molar-refractivity contribution < 1.29 is 19.1 Å². The fourth-order valence-corrected chi connectivity index (χ4v) is 4.57. The molecule has 0 N–H and O–H groups in total. The van der Waals surface area contributed by atoms with Crippen LogP contribution in [-0.4, -0.2) is 108 Å². The minimum Gasteiger partial charge on any atom is -0.438 e. The molecular formula is C17H28N4O4. The van der Waals surface area contributed by atoms with Crippen molar-refractivity contribution in [1.29, 1.82) is 0 Å². The van der Waals surface area contributed by atoms with Gasteiger partial charge in [-0.15, -0.1) is 0 Å². The second-order valence-corrected chi connectivity index (χ2v) is 8.11. The van der Waals surface area contributed by atoms with E-state index in [4.69, 9.17) is 9.47 Å². The lowest BCUT2D eigenvalue weighted by Gasteiger charge is -2.48. The van der Waals surface area contributed by atoms with Crippen molar-refractivity contribution in [3.8, 4) is 0 Å². The van der Waals surface area contributed by atoms with Crippen molar-refractivity contribution in [2.45, 2.75) is 37.5 Å². The first-order valence-corrected chi connectivity index (χ1v) is 9.25. The summed E-state index contributed by atoms with van der Waals surface area (Å²) in [6.07, 6.45) is 0.702. The van der Waals surface area contributed by atoms with Crippen LogP contribution >= 0.6 is 0 Å². The van der Waals surface area contributed by atoms with E-state index >= 15 is 0 Å². The number of likely N-dealkylation sites (tertiary alicyclic amines) is 2. The first-order chi connectivity index (χ1) is 11.9. The van der Waals surface area contributed by atoms with Crippen molar-refractivity contribution in [1.82, 2.24) is 19.6 Å². The lowest BCUT2D eigenvalue weighted by molar-refractivity contribution is -0.0919. The quantitative estimate of drug-likeness (QED) is 0.715. The van der Waals surface area contributed by atoms with E-state index in [-0.39, 0.29) is 29.4 Å². The molecule has 0 aromatic rings. The number of carbonyl (C=O) groups excluding carboxylic acids is 2. The van der Waals surface area contributed by atoms with Gasteiger partial charge in [0.2, 0.25) is 0 Å². The highest BCUT2D eigenvalue weighted by molar-refractivity contribution is 5.72. The Labute approximate surface area is 148 Å². The standard InChI is InChI=1S/C17H28N4O4/c1-4-5-19-8-16(9-19)10-21(15(23)24-16)7-6-20-11-17(12-20)13(2)18(3)14(22)25-17/h13H,4-12H2,1-3H3. The molecule has 0 aliphatic carbocycles. The molecule has 4 aliphatic rings. The van der Waals surface area contributed by atoms with E-state index in [2.05, 4.69) is 16.7 Å². The molecule has 8 nitrogen and oxygen atoms in total. The Morgan fingerprint density at radius 3 is 2.24 bits per heavy atom. The number of carbonyl (C=O) groups is 2. The van der Waals surface area contributed by atoms with Gasteiger partial charge in [-0.25, -0.2) is 9.59 Å². The molecule has 8 heteroatoms. The van der Waals surface area contributed by atoms with Crippen LogP contribution in [0.2, 0.25) is 0 Å². The number of nitrogens with zero attached hydrogens (tertiary/aromatic N) is 4. The topological polar surface area (TPSA) is 65.6 Å².